The van der Waals surface area contributed by atoms with E-state index in [0.717, 1.165) is 29.0 Å². The molecular weight excluding hydrogens is 323 g/mol. The number of carbonyl (C=O) groups is 1. The van der Waals surface area contributed by atoms with E-state index in [1.54, 1.807) is 0 Å². The first kappa shape index (κ1) is 16.1. The largest absolute Gasteiger partial charge is 0.478 e. The Bertz CT molecular complexity index is 766. The van der Waals surface area contributed by atoms with Crippen LogP contribution in [0.3, 0.4) is 0 Å². The molecule has 0 aliphatic carbocycles. The number of benzene rings is 1. The Balaban J connectivity index is 2.35. The molecule has 0 spiro atoms. The normalized spacial score (nSPS) is 11.5. The fourth-order valence-corrected chi connectivity index (χ4v) is 2.06. The summed E-state index contributed by atoms with van der Waals surface area (Å²) < 4.78 is 38.4. The van der Waals surface area contributed by atoms with Crippen LogP contribution in [0.1, 0.15) is 21.5 Å². The van der Waals surface area contributed by atoms with Crippen LogP contribution in [0.15, 0.2) is 41.3 Å². The SMILES string of the molecule is O=C(O)c1cc(Cl)c(=O)n(Cc2ccc(C(F)(F)F)cc2)c1. The Morgan fingerprint density at radius 3 is 2.32 bits per heavy atom. The molecule has 1 aromatic carbocycles. The van der Waals surface area contributed by atoms with Crippen LogP contribution in [0.25, 0.3) is 0 Å². The van der Waals surface area contributed by atoms with E-state index >= 15 is 0 Å². The second-order valence-corrected chi connectivity index (χ2v) is 4.92. The molecule has 0 saturated heterocycles. The van der Waals surface area contributed by atoms with Gasteiger partial charge in [0.15, 0.2) is 0 Å². The number of carboxylic acid groups (broad SMARTS) is 1. The number of halogens is 4. The number of alkyl halides is 3. The minimum Gasteiger partial charge on any atom is -0.478 e. The molecule has 1 heterocycles. The predicted molar refractivity (Wildman–Crippen MR) is 73.2 cm³/mol. The zero-order valence-electron chi connectivity index (χ0n) is 10.9. The lowest BCUT2D eigenvalue weighted by molar-refractivity contribution is -0.137. The van der Waals surface area contributed by atoms with Crippen LogP contribution < -0.4 is 5.56 Å². The van der Waals surface area contributed by atoms with E-state index in [1.165, 1.54) is 12.1 Å². The van der Waals surface area contributed by atoms with Crippen molar-refractivity contribution in [3.63, 3.8) is 0 Å². The molecule has 0 bridgehead atoms. The van der Waals surface area contributed by atoms with Gasteiger partial charge in [-0.25, -0.2) is 4.79 Å². The van der Waals surface area contributed by atoms with Gasteiger partial charge in [0.2, 0.25) is 0 Å². The number of nitrogens with zero attached hydrogens (tertiary/aromatic N) is 1. The number of aromatic nitrogens is 1. The topological polar surface area (TPSA) is 59.3 Å². The highest BCUT2D eigenvalue weighted by Crippen LogP contribution is 2.29. The molecule has 0 aliphatic heterocycles. The molecular formula is C14H9ClF3NO3. The Labute approximate surface area is 127 Å². The monoisotopic (exact) mass is 331 g/mol. The first-order valence-electron chi connectivity index (χ1n) is 5.98. The van der Waals surface area contributed by atoms with Crippen LogP contribution in [0, 0.1) is 0 Å². The van der Waals surface area contributed by atoms with Crippen molar-refractivity contribution in [2.45, 2.75) is 12.7 Å². The van der Waals surface area contributed by atoms with E-state index < -0.39 is 23.3 Å². The highest BCUT2D eigenvalue weighted by atomic mass is 35.5. The Morgan fingerprint density at radius 2 is 1.82 bits per heavy atom. The number of carboxylic acids is 1. The maximum absolute atomic E-state index is 12.5. The average Bonchev–Trinajstić information content (AvgIpc) is 2.43. The summed E-state index contributed by atoms with van der Waals surface area (Å²) in [6.45, 7) is -0.0855. The van der Waals surface area contributed by atoms with Crippen molar-refractivity contribution < 1.29 is 23.1 Å². The smallest absolute Gasteiger partial charge is 0.416 e. The van der Waals surface area contributed by atoms with Crippen molar-refractivity contribution in [3.8, 4) is 0 Å². The highest BCUT2D eigenvalue weighted by Gasteiger charge is 2.29. The van der Waals surface area contributed by atoms with Gasteiger partial charge in [0, 0.05) is 6.20 Å². The number of rotatable bonds is 3. The molecule has 0 saturated carbocycles. The summed E-state index contributed by atoms with van der Waals surface area (Å²) >= 11 is 5.67. The van der Waals surface area contributed by atoms with Gasteiger partial charge < -0.3 is 9.67 Å². The molecule has 0 fully saturated rings. The molecule has 0 unspecified atom stereocenters. The van der Waals surface area contributed by atoms with Crippen LogP contribution >= 0.6 is 11.6 Å². The molecule has 1 aromatic heterocycles. The molecule has 8 heteroatoms. The summed E-state index contributed by atoms with van der Waals surface area (Å²) in [6.07, 6.45) is -3.35. The third kappa shape index (κ3) is 3.48. The Hall–Kier alpha value is -2.28. The molecule has 2 aromatic rings. The molecule has 0 aliphatic rings. The number of aromatic carboxylic acids is 1. The fourth-order valence-electron chi connectivity index (χ4n) is 1.83. The van der Waals surface area contributed by atoms with Gasteiger partial charge in [-0.3, -0.25) is 4.79 Å². The van der Waals surface area contributed by atoms with E-state index in [4.69, 9.17) is 16.7 Å². The molecule has 0 radical (unpaired) electrons. The first-order chi connectivity index (χ1) is 10.2. The van der Waals surface area contributed by atoms with Crippen molar-refractivity contribution in [2.75, 3.05) is 0 Å². The number of pyridine rings is 1. The van der Waals surface area contributed by atoms with Crippen molar-refractivity contribution in [2.24, 2.45) is 0 Å². The molecule has 116 valence electrons. The third-order valence-electron chi connectivity index (χ3n) is 2.92. The van der Waals surface area contributed by atoms with Crippen molar-refractivity contribution in [1.29, 1.82) is 0 Å². The second kappa shape index (κ2) is 5.84. The van der Waals surface area contributed by atoms with Gasteiger partial charge in [-0.1, -0.05) is 23.7 Å². The maximum Gasteiger partial charge on any atom is 0.416 e. The predicted octanol–water partition coefficient (Wildman–Crippen LogP) is 3.27. The maximum atomic E-state index is 12.5. The summed E-state index contributed by atoms with van der Waals surface area (Å²) in [5.41, 5.74) is -1.20. The summed E-state index contributed by atoms with van der Waals surface area (Å²) in [5.74, 6) is -1.26. The van der Waals surface area contributed by atoms with Crippen LogP contribution in [0.2, 0.25) is 5.02 Å². The van der Waals surface area contributed by atoms with Gasteiger partial charge in [-0.05, 0) is 23.8 Å². The van der Waals surface area contributed by atoms with E-state index in [9.17, 15) is 22.8 Å². The minimum atomic E-state index is -4.44. The van der Waals surface area contributed by atoms with Crippen LogP contribution in [0.5, 0.6) is 0 Å². The van der Waals surface area contributed by atoms with Crippen LogP contribution in [0.4, 0.5) is 13.2 Å². The lowest BCUT2D eigenvalue weighted by atomic mass is 10.1. The summed E-state index contributed by atoms with van der Waals surface area (Å²) in [5, 5.41) is 8.65. The molecule has 0 atom stereocenters. The van der Waals surface area contributed by atoms with Crippen LogP contribution in [-0.4, -0.2) is 15.6 Å². The van der Waals surface area contributed by atoms with Gasteiger partial charge in [-0.15, -0.1) is 0 Å². The van der Waals surface area contributed by atoms with Crippen LogP contribution in [-0.2, 0) is 12.7 Å². The van der Waals surface area contributed by atoms with Gasteiger partial charge in [0.05, 0.1) is 17.7 Å². The quantitative estimate of drug-likeness (QED) is 0.939. The van der Waals surface area contributed by atoms with Gasteiger partial charge in [0.1, 0.15) is 5.02 Å². The van der Waals surface area contributed by atoms with E-state index in [-0.39, 0.29) is 17.1 Å². The molecule has 4 nitrogen and oxygen atoms in total. The molecule has 0 amide bonds. The first-order valence-corrected chi connectivity index (χ1v) is 6.35. The van der Waals surface area contributed by atoms with Crippen molar-refractivity contribution >= 4 is 17.6 Å². The standard InChI is InChI=1S/C14H9ClF3NO3/c15-11-5-9(13(21)22)7-19(12(11)20)6-8-1-3-10(4-2-8)14(16,17)18/h1-5,7H,6H2,(H,21,22). The summed E-state index contributed by atoms with van der Waals surface area (Å²) in [6, 6.07) is 5.24. The lowest BCUT2D eigenvalue weighted by Gasteiger charge is -2.10. The third-order valence-corrected chi connectivity index (χ3v) is 3.19. The van der Waals surface area contributed by atoms with E-state index in [1.807, 2.05) is 0 Å². The van der Waals surface area contributed by atoms with Gasteiger partial charge >= 0.3 is 12.1 Å². The lowest BCUT2D eigenvalue weighted by Crippen LogP contribution is -2.22. The molecule has 1 N–H and O–H groups in total. The summed E-state index contributed by atoms with van der Waals surface area (Å²) in [7, 11) is 0. The fraction of sp³-hybridized carbons (Fsp3) is 0.143. The van der Waals surface area contributed by atoms with Crippen molar-refractivity contribution in [1.82, 2.24) is 4.57 Å². The minimum absolute atomic E-state index is 0.0855. The van der Waals surface area contributed by atoms with Crippen molar-refractivity contribution in [3.05, 3.63) is 68.6 Å². The average molecular weight is 332 g/mol. The highest BCUT2D eigenvalue weighted by molar-refractivity contribution is 6.30. The zero-order chi connectivity index (χ0) is 16.5. The number of hydrogen-bond donors (Lipinski definition) is 1. The van der Waals surface area contributed by atoms with E-state index in [2.05, 4.69) is 0 Å². The van der Waals surface area contributed by atoms with Gasteiger partial charge in [0.25, 0.3) is 5.56 Å². The summed E-state index contributed by atoms with van der Waals surface area (Å²) in [4.78, 5) is 22.8. The number of hydrogen-bond acceptors (Lipinski definition) is 2. The molecule has 2 rings (SSSR count). The second-order valence-electron chi connectivity index (χ2n) is 4.51. The Kier molecular flexibility index (Phi) is 4.27. The van der Waals surface area contributed by atoms with E-state index in [0.29, 0.717) is 5.56 Å². The Morgan fingerprint density at radius 1 is 1.23 bits per heavy atom. The molecule has 22 heavy (non-hydrogen) atoms. The van der Waals surface area contributed by atoms with Gasteiger partial charge in [-0.2, -0.15) is 13.2 Å². The zero-order valence-corrected chi connectivity index (χ0v) is 11.6.